The maximum atomic E-state index is 13.5. The summed E-state index contributed by atoms with van der Waals surface area (Å²) in [5.74, 6) is 0.627. The molecule has 0 radical (unpaired) electrons. The van der Waals surface area contributed by atoms with E-state index in [0.717, 1.165) is 33.5 Å². The summed E-state index contributed by atoms with van der Waals surface area (Å²) in [5.41, 5.74) is 5.99. The number of pyridine rings is 2. The molecular formula is C25H26N4O2. The van der Waals surface area contributed by atoms with Gasteiger partial charge in [0, 0.05) is 41.6 Å². The van der Waals surface area contributed by atoms with Gasteiger partial charge in [-0.3, -0.25) is 14.3 Å². The summed E-state index contributed by atoms with van der Waals surface area (Å²) in [6.07, 6.45) is 3.11. The van der Waals surface area contributed by atoms with E-state index in [4.69, 9.17) is 5.11 Å². The van der Waals surface area contributed by atoms with E-state index in [1.165, 1.54) is 0 Å². The molecule has 4 rings (SSSR count). The Morgan fingerprint density at radius 2 is 1.81 bits per heavy atom. The van der Waals surface area contributed by atoms with Gasteiger partial charge in [0.05, 0.1) is 5.69 Å². The Hall–Kier alpha value is -3.38. The number of aromatic nitrogens is 4. The fourth-order valence-corrected chi connectivity index (χ4v) is 3.86. The van der Waals surface area contributed by atoms with E-state index in [-0.39, 0.29) is 12.2 Å². The lowest BCUT2D eigenvalue weighted by Crippen LogP contribution is -2.23. The molecule has 158 valence electrons. The van der Waals surface area contributed by atoms with Crippen molar-refractivity contribution >= 4 is 11.0 Å². The Morgan fingerprint density at radius 1 is 0.968 bits per heavy atom. The standard InChI is InChI=1S/C25H26N4O2/c1-16-13-19(23-8-6-7-17(2)27-23)9-10-21(16)22-14-20-15-26-18(3)28-24(20)29(25(22)31)11-4-5-12-30/h6-10,13-15,30H,4-5,11-12H2,1-3H3. The number of hydrogen-bond acceptors (Lipinski definition) is 5. The highest BCUT2D eigenvalue weighted by molar-refractivity contribution is 5.82. The number of hydrogen-bond donors (Lipinski definition) is 1. The van der Waals surface area contributed by atoms with Crippen LogP contribution in [0.15, 0.2) is 53.5 Å². The van der Waals surface area contributed by atoms with Crippen molar-refractivity contribution in [1.82, 2.24) is 19.5 Å². The molecule has 1 aromatic carbocycles. The van der Waals surface area contributed by atoms with Gasteiger partial charge in [0.2, 0.25) is 0 Å². The second-order valence-electron chi connectivity index (χ2n) is 7.84. The van der Waals surface area contributed by atoms with Crippen molar-refractivity contribution < 1.29 is 5.11 Å². The summed E-state index contributed by atoms with van der Waals surface area (Å²) in [5, 5.41) is 9.99. The fourth-order valence-electron chi connectivity index (χ4n) is 3.86. The third-order valence-electron chi connectivity index (χ3n) is 5.44. The predicted molar refractivity (Wildman–Crippen MR) is 123 cm³/mol. The Balaban J connectivity index is 1.85. The fraction of sp³-hybridized carbons (Fsp3) is 0.280. The van der Waals surface area contributed by atoms with Crippen molar-refractivity contribution in [1.29, 1.82) is 0 Å². The summed E-state index contributed by atoms with van der Waals surface area (Å²) >= 11 is 0. The van der Waals surface area contributed by atoms with Crippen molar-refractivity contribution in [3.8, 4) is 22.4 Å². The summed E-state index contributed by atoms with van der Waals surface area (Å²) in [4.78, 5) is 26.9. The molecule has 0 atom stereocenters. The maximum Gasteiger partial charge on any atom is 0.260 e. The van der Waals surface area contributed by atoms with E-state index < -0.39 is 0 Å². The minimum absolute atomic E-state index is 0.0759. The van der Waals surface area contributed by atoms with E-state index in [2.05, 4.69) is 21.0 Å². The molecule has 0 amide bonds. The topological polar surface area (TPSA) is 80.9 Å². The molecular weight excluding hydrogens is 388 g/mol. The number of aliphatic hydroxyl groups is 1. The zero-order valence-electron chi connectivity index (χ0n) is 18.1. The van der Waals surface area contributed by atoms with Crippen LogP contribution in [0.4, 0.5) is 0 Å². The van der Waals surface area contributed by atoms with Crippen LogP contribution in [0.3, 0.4) is 0 Å². The van der Waals surface area contributed by atoms with Gasteiger partial charge in [-0.1, -0.05) is 18.2 Å². The Morgan fingerprint density at radius 3 is 2.55 bits per heavy atom. The molecule has 0 unspecified atom stereocenters. The SMILES string of the molecule is Cc1cccc(-c2ccc(-c3cc4cnc(C)nc4n(CCCCO)c3=O)c(C)c2)n1. The lowest BCUT2D eigenvalue weighted by atomic mass is 9.97. The van der Waals surface area contributed by atoms with Gasteiger partial charge in [-0.2, -0.15) is 0 Å². The van der Waals surface area contributed by atoms with Crippen molar-refractivity contribution in [2.45, 2.75) is 40.2 Å². The first-order valence-corrected chi connectivity index (χ1v) is 10.5. The van der Waals surface area contributed by atoms with Gasteiger partial charge in [-0.05, 0) is 69.0 Å². The molecule has 3 heterocycles. The van der Waals surface area contributed by atoms with Crippen LogP contribution in [-0.2, 0) is 6.54 Å². The van der Waals surface area contributed by atoms with E-state index >= 15 is 0 Å². The van der Waals surface area contributed by atoms with Crippen molar-refractivity contribution in [3.05, 3.63) is 76.1 Å². The molecule has 0 saturated heterocycles. The van der Waals surface area contributed by atoms with Gasteiger partial charge in [-0.15, -0.1) is 0 Å². The largest absolute Gasteiger partial charge is 0.396 e. The normalized spacial score (nSPS) is 11.2. The Bertz CT molecular complexity index is 1310. The minimum atomic E-state index is -0.0759. The molecule has 0 fully saturated rings. The number of rotatable bonds is 6. The van der Waals surface area contributed by atoms with Crippen molar-refractivity contribution in [3.63, 3.8) is 0 Å². The third kappa shape index (κ3) is 4.25. The number of benzene rings is 1. The average molecular weight is 415 g/mol. The van der Waals surface area contributed by atoms with Crippen LogP contribution >= 0.6 is 0 Å². The molecule has 4 aromatic rings. The van der Waals surface area contributed by atoms with Gasteiger partial charge < -0.3 is 5.11 Å². The lowest BCUT2D eigenvalue weighted by Gasteiger charge is -2.14. The molecule has 0 aliphatic heterocycles. The molecule has 0 saturated carbocycles. The third-order valence-corrected chi connectivity index (χ3v) is 5.44. The van der Waals surface area contributed by atoms with Crippen molar-refractivity contribution in [2.75, 3.05) is 6.61 Å². The predicted octanol–water partition coefficient (Wildman–Crippen LogP) is 4.22. The zero-order valence-corrected chi connectivity index (χ0v) is 18.1. The number of aliphatic hydroxyl groups excluding tert-OH is 1. The first-order valence-electron chi connectivity index (χ1n) is 10.5. The molecule has 0 spiro atoms. The second kappa shape index (κ2) is 8.78. The van der Waals surface area contributed by atoms with Crippen LogP contribution in [0, 0.1) is 20.8 Å². The molecule has 6 nitrogen and oxygen atoms in total. The highest BCUT2D eigenvalue weighted by Gasteiger charge is 2.15. The number of nitrogens with zero attached hydrogens (tertiary/aromatic N) is 4. The highest BCUT2D eigenvalue weighted by atomic mass is 16.2. The Kier molecular flexibility index (Phi) is 5.91. The van der Waals surface area contributed by atoms with E-state index in [9.17, 15) is 4.79 Å². The summed E-state index contributed by atoms with van der Waals surface area (Å²) in [7, 11) is 0. The van der Waals surface area contributed by atoms with E-state index in [0.29, 0.717) is 36.4 Å². The number of aryl methyl sites for hydroxylation is 4. The van der Waals surface area contributed by atoms with Crippen LogP contribution < -0.4 is 5.56 Å². The number of fused-ring (bicyclic) bond motifs is 1. The highest BCUT2D eigenvalue weighted by Crippen LogP contribution is 2.28. The van der Waals surface area contributed by atoms with Crippen molar-refractivity contribution in [2.24, 2.45) is 0 Å². The van der Waals surface area contributed by atoms with Crippen LogP contribution in [0.2, 0.25) is 0 Å². The smallest absolute Gasteiger partial charge is 0.260 e. The first kappa shape index (κ1) is 20.9. The molecule has 1 N–H and O–H groups in total. The van der Waals surface area contributed by atoms with Gasteiger partial charge in [0.1, 0.15) is 11.5 Å². The zero-order chi connectivity index (χ0) is 22.0. The van der Waals surface area contributed by atoms with Gasteiger partial charge >= 0.3 is 0 Å². The molecule has 31 heavy (non-hydrogen) atoms. The molecule has 0 bridgehead atoms. The molecule has 0 aliphatic carbocycles. The second-order valence-corrected chi connectivity index (χ2v) is 7.84. The van der Waals surface area contributed by atoms with Crippen LogP contribution in [-0.4, -0.2) is 31.2 Å². The van der Waals surface area contributed by atoms with Crippen LogP contribution in [0.25, 0.3) is 33.4 Å². The molecule has 0 aliphatic rings. The van der Waals surface area contributed by atoms with Gasteiger partial charge in [-0.25, -0.2) is 9.97 Å². The first-order chi connectivity index (χ1) is 15.0. The molecule has 3 aromatic heterocycles. The lowest BCUT2D eigenvalue weighted by molar-refractivity contribution is 0.281. The van der Waals surface area contributed by atoms with E-state index in [1.807, 2.05) is 57.2 Å². The minimum Gasteiger partial charge on any atom is -0.396 e. The monoisotopic (exact) mass is 414 g/mol. The summed E-state index contributed by atoms with van der Waals surface area (Å²) in [6, 6.07) is 13.9. The summed E-state index contributed by atoms with van der Waals surface area (Å²) < 4.78 is 1.71. The van der Waals surface area contributed by atoms with Crippen LogP contribution in [0.5, 0.6) is 0 Å². The quantitative estimate of drug-likeness (QED) is 0.478. The van der Waals surface area contributed by atoms with Gasteiger partial charge in [0.25, 0.3) is 5.56 Å². The maximum absolute atomic E-state index is 13.5. The number of unbranched alkanes of at least 4 members (excludes halogenated alkanes) is 1. The van der Waals surface area contributed by atoms with Gasteiger partial charge in [0.15, 0.2) is 0 Å². The molecule has 6 heteroatoms. The van der Waals surface area contributed by atoms with Crippen LogP contribution in [0.1, 0.15) is 29.9 Å². The summed E-state index contributed by atoms with van der Waals surface area (Å²) in [6.45, 7) is 6.42. The average Bonchev–Trinajstić information content (AvgIpc) is 2.75. The van der Waals surface area contributed by atoms with E-state index in [1.54, 1.807) is 10.8 Å². The Labute approximate surface area is 181 Å².